The zero-order chi connectivity index (χ0) is 15.9. The van der Waals surface area contributed by atoms with E-state index in [2.05, 4.69) is 15.0 Å². The SMILES string of the molecule is CC(c1ccccc1)n1c(O)nc2ncc(S(C)(=O)=O)nc21. The number of aromatic nitrogens is 4. The van der Waals surface area contributed by atoms with Crippen molar-refractivity contribution in [2.45, 2.75) is 18.0 Å². The maximum absolute atomic E-state index is 11.6. The van der Waals surface area contributed by atoms with E-state index in [-0.39, 0.29) is 28.4 Å². The molecule has 8 heteroatoms. The molecule has 22 heavy (non-hydrogen) atoms. The van der Waals surface area contributed by atoms with Crippen LogP contribution in [0.4, 0.5) is 0 Å². The number of nitrogens with zero attached hydrogens (tertiary/aromatic N) is 4. The maximum atomic E-state index is 11.6. The van der Waals surface area contributed by atoms with E-state index in [1.54, 1.807) is 0 Å². The Morgan fingerprint density at radius 2 is 1.86 bits per heavy atom. The summed E-state index contributed by atoms with van der Waals surface area (Å²) in [7, 11) is -3.49. The minimum atomic E-state index is -3.49. The maximum Gasteiger partial charge on any atom is 0.298 e. The number of aromatic hydroxyl groups is 1. The van der Waals surface area contributed by atoms with Gasteiger partial charge in [-0.2, -0.15) is 4.98 Å². The number of fused-ring (bicyclic) bond motifs is 1. The van der Waals surface area contributed by atoms with Crippen LogP contribution in [0, 0.1) is 0 Å². The summed E-state index contributed by atoms with van der Waals surface area (Å²) in [5.41, 5.74) is 1.37. The lowest BCUT2D eigenvalue weighted by atomic mass is 10.1. The van der Waals surface area contributed by atoms with Crippen molar-refractivity contribution in [3.05, 3.63) is 42.1 Å². The smallest absolute Gasteiger partial charge is 0.298 e. The zero-order valence-corrected chi connectivity index (χ0v) is 12.8. The molecule has 0 amide bonds. The molecule has 1 aromatic carbocycles. The van der Waals surface area contributed by atoms with Gasteiger partial charge in [0, 0.05) is 6.26 Å². The third-order valence-electron chi connectivity index (χ3n) is 3.41. The van der Waals surface area contributed by atoms with Crippen LogP contribution in [0.15, 0.2) is 41.6 Å². The Balaban J connectivity index is 2.22. The van der Waals surface area contributed by atoms with E-state index in [1.807, 2.05) is 37.3 Å². The van der Waals surface area contributed by atoms with Gasteiger partial charge in [-0.3, -0.25) is 4.57 Å². The van der Waals surface area contributed by atoms with Gasteiger partial charge < -0.3 is 5.11 Å². The molecular weight excluding hydrogens is 304 g/mol. The number of sulfone groups is 1. The highest BCUT2D eigenvalue weighted by Gasteiger charge is 2.21. The molecule has 7 nitrogen and oxygen atoms in total. The first-order chi connectivity index (χ1) is 10.4. The molecule has 0 spiro atoms. The lowest BCUT2D eigenvalue weighted by Gasteiger charge is -2.14. The van der Waals surface area contributed by atoms with E-state index in [1.165, 1.54) is 4.57 Å². The van der Waals surface area contributed by atoms with Gasteiger partial charge in [0.25, 0.3) is 6.01 Å². The largest absolute Gasteiger partial charge is 0.480 e. The molecule has 3 aromatic rings. The zero-order valence-electron chi connectivity index (χ0n) is 12.0. The summed E-state index contributed by atoms with van der Waals surface area (Å²) in [5, 5.41) is 9.93. The molecule has 2 aromatic heterocycles. The van der Waals surface area contributed by atoms with Crippen molar-refractivity contribution >= 4 is 21.1 Å². The molecule has 114 valence electrons. The summed E-state index contributed by atoms with van der Waals surface area (Å²) in [4.78, 5) is 12.0. The second-order valence-corrected chi connectivity index (χ2v) is 6.96. The van der Waals surface area contributed by atoms with Crippen LogP contribution in [0.3, 0.4) is 0 Å². The normalized spacial score (nSPS) is 13.4. The molecular formula is C14H14N4O3S. The van der Waals surface area contributed by atoms with Crippen LogP contribution in [0.1, 0.15) is 18.5 Å². The summed E-state index contributed by atoms with van der Waals surface area (Å²) >= 11 is 0. The van der Waals surface area contributed by atoms with Crippen LogP contribution in [-0.4, -0.2) is 39.3 Å². The van der Waals surface area contributed by atoms with E-state index >= 15 is 0 Å². The van der Waals surface area contributed by atoms with Crippen molar-refractivity contribution in [2.24, 2.45) is 0 Å². The molecule has 0 radical (unpaired) electrons. The van der Waals surface area contributed by atoms with Gasteiger partial charge in [-0.1, -0.05) is 30.3 Å². The van der Waals surface area contributed by atoms with E-state index in [4.69, 9.17) is 0 Å². The average molecular weight is 318 g/mol. The van der Waals surface area contributed by atoms with Crippen LogP contribution in [0.25, 0.3) is 11.3 Å². The minimum absolute atomic E-state index is 0.151. The third-order valence-corrected chi connectivity index (χ3v) is 4.37. The first kappa shape index (κ1) is 14.5. The molecule has 0 saturated carbocycles. The Labute approximate surface area is 127 Å². The molecule has 1 unspecified atom stereocenters. The second-order valence-electron chi connectivity index (χ2n) is 5.00. The van der Waals surface area contributed by atoms with Crippen LogP contribution in [-0.2, 0) is 9.84 Å². The van der Waals surface area contributed by atoms with Crippen LogP contribution in [0.2, 0.25) is 0 Å². The highest BCUT2D eigenvalue weighted by molar-refractivity contribution is 7.90. The highest BCUT2D eigenvalue weighted by Crippen LogP contribution is 2.27. The molecule has 1 atom stereocenters. The first-order valence-corrected chi connectivity index (χ1v) is 8.46. The van der Waals surface area contributed by atoms with Crippen molar-refractivity contribution in [1.29, 1.82) is 0 Å². The lowest BCUT2D eigenvalue weighted by Crippen LogP contribution is -2.09. The molecule has 0 bridgehead atoms. The molecule has 0 aliphatic rings. The van der Waals surface area contributed by atoms with E-state index in [0.29, 0.717) is 0 Å². The van der Waals surface area contributed by atoms with Crippen molar-refractivity contribution in [3.63, 3.8) is 0 Å². The fraction of sp³-hybridized carbons (Fsp3) is 0.214. The number of rotatable bonds is 3. The van der Waals surface area contributed by atoms with Gasteiger partial charge >= 0.3 is 0 Å². The van der Waals surface area contributed by atoms with Crippen LogP contribution < -0.4 is 0 Å². The standard InChI is InChI=1S/C14H14N4O3S/c1-9(10-6-4-3-5-7-10)18-13-12(17-14(18)19)15-8-11(16-13)22(2,20)21/h3-9H,1-2H3,(H,15,17,19). The van der Waals surface area contributed by atoms with Crippen molar-refractivity contribution < 1.29 is 13.5 Å². The Hall–Kier alpha value is -2.48. The number of hydrogen-bond acceptors (Lipinski definition) is 6. The fourth-order valence-electron chi connectivity index (χ4n) is 2.26. The Morgan fingerprint density at radius 3 is 2.50 bits per heavy atom. The first-order valence-electron chi connectivity index (χ1n) is 6.57. The van der Waals surface area contributed by atoms with Crippen molar-refractivity contribution in [3.8, 4) is 6.01 Å². The van der Waals surface area contributed by atoms with Gasteiger partial charge in [-0.05, 0) is 12.5 Å². The van der Waals surface area contributed by atoms with Gasteiger partial charge in [0.15, 0.2) is 20.5 Å². The van der Waals surface area contributed by atoms with Gasteiger partial charge in [0.1, 0.15) is 0 Å². The molecule has 1 N–H and O–H groups in total. The Kier molecular flexibility index (Phi) is 3.32. The molecule has 0 aliphatic heterocycles. The second kappa shape index (κ2) is 5.06. The van der Waals surface area contributed by atoms with Gasteiger partial charge in [-0.15, -0.1) is 0 Å². The number of hydrogen-bond donors (Lipinski definition) is 1. The predicted molar refractivity (Wildman–Crippen MR) is 80.4 cm³/mol. The Morgan fingerprint density at radius 1 is 1.18 bits per heavy atom. The summed E-state index contributed by atoms with van der Waals surface area (Å²) < 4.78 is 24.7. The number of benzene rings is 1. The predicted octanol–water partition coefficient (Wildman–Crippen LogP) is 1.54. The van der Waals surface area contributed by atoms with E-state index < -0.39 is 9.84 Å². The molecule has 2 heterocycles. The molecule has 3 rings (SSSR count). The summed E-state index contributed by atoms with van der Waals surface area (Å²) in [5.74, 6) is 0. The molecule has 0 saturated heterocycles. The van der Waals surface area contributed by atoms with Gasteiger partial charge in [-0.25, -0.2) is 18.4 Å². The lowest BCUT2D eigenvalue weighted by molar-refractivity contribution is 0.393. The monoisotopic (exact) mass is 318 g/mol. The quantitative estimate of drug-likeness (QED) is 0.786. The highest BCUT2D eigenvalue weighted by atomic mass is 32.2. The van der Waals surface area contributed by atoms with E-state index in [9.17, 15) is 13.5 Å². The number of imidazole rings is 1. The minimum Gasteiger partial charge on any atom is -0.480 e. The van der Waals surface area contributed by atoms with Gasteiger partial charge in [0.2, 0.25) is 5.65 Å². The van der Waals surface area contributed by atoms with Crippen LogP contribution in [0.5, 0.6) is 6.01 Å². The third kappa shape index (κ3) is 2.41. The summed E-state index contributed by atoms with van der Waals surface area (Å²) in [6.07, 6.45) is 2.20. The van der Waals surface area contributed by atoms with Crippen molar-refractivity contribution in [1.82, 2.24) is 19.5 Å². The van der Waals surface area contributed by atoms with Gasteiger partial charge in [0.05, 0.1) is 12.2 Å². The summed E-state index contributed by atoms with van der Waals surface area (Å²) in [6, 6.07) is 8.95. The Bertz CT molecular complexity index is 935. The van der Waals surface area contributed by atoms with E-state index in [0.717, 1.165) is 18.0 Å². The molecule has 0 aliphatic carbocycles. The van der Waals surface area contributed by atoms with Crippen molar-refractivity contribution in [2.75, 3.05) is 6.26 Å². The topological polar surface area (TPSA) is 98.0 Å². The average Bonchev–Trinajstić information content (AvgIpc) is 2.81. The van der Waals surface area contributed by atoms with Crippen LogP contribution >= 0.6 is 0 Å². The molecule has 0 fully saturated rings. The fourth-order valence-corrected chi connectivity index (χ4v) is 2.75. The summed E-state index contributed by atoms with van der Waals surface area (Å²) in [6.45, 7) is 1.87.